The van der Waals surface area contributed by atoms with Gasteiger partial charge in [-0.2, -0.15) is 8.78 Å². The van der Waals surface area contributed by atoms with Gasteiger partial charge < -0.3 is 9.84 Å². The molecule has 3 atom stereocenters. The standard InChI is InChI=1S/C29H28F2O5S/c30-28(31,19-36-27(33)26-18-20-11-12-21(26)17-20)37(34,35)29(22-7-3-1-4-8-22,23-9-5-2-6-10-23)24-13-15-25(32)16-14-24/h1-10,13-16,20-21,26,32H,11-12,17-19H2. The molecule has 0 heterocycles. The van der Waals surface area contributed by atoms with Gasteiger partial charge in [0.25, 0.3) is 0 Å². The van der Waals surface area contributed by atoms with Crippen molar-refractivity contribution >= 4 is 15.8 Å². The van der Waals surface area contributed by atoms with Crippen LogP contribution >= 0.6 is 0 Å². The molecule has 5 rings (SSSR count). The highest BCUT2D eigenvalue weighted by Crippen LogP contribution is 2.51. The molecule has 2 aliphatic rings. The van der Waals surface area contributed by atoms with Crippen molar-refractivity contribution in [3.8, 4) is 5.75 Å². The lowest BCUT2D eigenvalue weighted by molar-refractivity contribution is -0.156. The fourth-order valence-corrected chi connectivity index (χ4v) is 8.11. The van der Waals surface area contributed by atoms with Gasteiger partial charge in [0, 0.05) is 0 Å². The molecule has 3 aromatic carbocycles. The molecular formula is C29H28F2O5S. The monoisotopic (exact) mass is 526 g/mol. The maximum atomic E-state index is 16.0. The summed E-state index contributed by atoms with van der Waals surface area (Å²) in [6.07, 6.45) is 3.39. The molecule has 8 heteroatoms. The molecule has 2 fully saturated rings. The zero-order chi connectivity index (χ0) is 26.3. The Balaban J connectivity index is 1.60. The second kappa shape index (κ2) is 9.56. The van der Waals surface area contributed by atoms with Crippen LogP contribution in [0, 0.1) is 17.8 Å². The average molecular weight is 527 g/mol. The molecule has 2 bridgehead atoms. The lowest BCUT2D eigenvalue weighted by atomic mass is 9.84. The molecule has 0 saturated heterocycles. The van der Waals surface area contributed by atoms with Crippen LogP contribution in [0.25, 0.3) is 0 Å². The topological polar surface area (TPSA) is 80.7 Å². The Labute approximate surface area is 215 Å². The highest BCUT2D eigenvalue weighted by molar-refractivity contribution is 7.93. The summed E-state index contributed by atoms with van der Waals surface area (Å²) in [6.45, 7) is -1.57. The lowest BCUT2D eigenvalue weighted by Crippen LogP contribution is -2.50. The molecule has 2 aliphatic carbocycles. The molecular weight excluding hydrogens is 498 g/mol. The Morgan fingerprint density at radius 1 is 0.838 bits per heavy atom. The van der Waals surface area contributed by atoms with E-state index in [1.54, 1.807) is 36.4 Å². The Hall–Kier alpha value is -3.26. The van der Waals surface area contributed by atoms with E-state index in [9.17, 15) is 18.3 Å². The zero-order valence-corrected chi connectivity index (χ0v) is 20.9. The Bertz CT molecular complexity index is 1320. The van der Waals surface area contributed by atoms with Crippen LogP contribution in [-0.4, -0.2) is 31.4 Å². The predicted molar refractivity (Wildman–Crippen MR) is 135 cm³/mol. The minimum Gasteiger partial charge on any atom is -0.508 e. The summed E-state index contributed by atoms with van der Waals surface area (Å²) in [7, 11) is -5.46. The fourth-order valence-electron chi connectivity index (χ4n) is 6.10. The summed E-state index contributed by atoms with van der Waals surface area (Å²) in [6, 6.07) is 20.7. The van der Waals surface area contributed by atoms with Crippen LogP contribution in [0.2, 0.25) is 0 Å². The molecule has 0 spiro atoms. The van der Waals surface area contributed by atoms with Gasteiger partial charge in [0.05, 0.1) is 5.92 Å². The fraction of sp³-hybridized carbons (Fsp3) is 0.345. The first-order valence-corrected chi connectivity index (χ1v) is 13.8. The normalized spacial score (nSPS) is 21.6. The van der Waals surface area contributed by atoms with E-state index in [4.69, 9.17) is 4.74 Å². The van der Waals surface area contributed by atoms with Gasteiger partial charge in [-0.15, -0.1) is 0 Å². The van der Waals surface area contributed by atoms with Crippen molar-refractivity contribution in [1.29, 1.82) is 0 Å². The van der Waals surface area contributed by atoms with Crippen LogP contribution in [0.1, 0.15) is 42.4 Å². The van der Waals surface area contributed by atoms with Crippen molar-refractivity contribution in [3.63, 3.8) is 0 Å². The summed E-state index contributed by atoms with van der Waals surface area (Å²) in [5.74, 6) is -0.820. The molecule has 0 amide bonds. The van der Waals surface area contributed by atoms with Crippen LogP contribution in [0.4, 0.5) is 8.78 Å². The summed E-state index contributed by atoms with van der Waals surface area (Å²) in [5, 5.41) is 5.45. The minimum atomic E-state index is -5.46. The molecule has 1 N–H and O–H groups in total. The number of aromatic hydroxyl groups is 1. The first kappa shape index (κ1) is 25.4. The van der Waals surface area contributed by atoms with E-state index in [2.05, 4.69) is 0 Å². The van der Waals surface area contributed by atoms with Crippen molar-refractivity contribution < 1.29 is 31.8 Å². The van der Waals surface area contributed by atoms with Crippen molar-refractivity contribution in [3.05, 3.63) is 102 Å². The van der Waals surface area contributed by atoms with E-state index in [1.165, 1.54) is 48.5 Å². The maximum Gasteiger partial charge on any atom is 0.380 e. The van der Waals surface area contributed by atoms with Gasteiger partial charge in [0.1, 0.15) is 5.75 Å². The van der Waals surface area contributed by atoms with E-state index in [0.717, 1.165) is 19.3 Å². The third-order valence-electron chi connectivity index (χ3n) is 7.85. The number of phenolic OH excluding ortho intramolecular Hbond substituents is 1. The van der Waals surface area contributed by atoms with Crippen LogP contribution in [0.15, 0.2) is 84.9 Å². The number of carbonyl (C=O) groups is 1. The number of fused-ring (bicyclic) bond motifs is 2. The van der Waals surface area contributed by atoms with Gasteiger partial charge in [0.2, 0.25) is 9.84 Å². The minimum absolute atomic E-state index is 0.0294. The molecule has 5 nitrogen and oxygen atoms in total. The van der Waals surface area contributed by atoms with Crippen molar-refractivity contribution in [1.82, 2.24) is 0 Å². The number of hydrogen-bond acceptors (Lipinski definition) is 5. The van der Waals surface area contributed by atoms with Crippen molar-refractivity contribution in [2.75, 3.05) is 6.61 Å². The highest BCUT2D eigenvalue weighted by atomic mass is 32.2. The number of hydrogen-bond donors (Lipinski definition) is 1. The van der Waals surface area contributed by atoms with Crippen molar-refractivity contribution in [2.45, 2.75) is 35.7 Å². The second-order valence-electron chi connectivity index (χ2n) is 9.99. The highest BCUT2D eigenvalue weighted by Gasteiger charge is 2.62. The Morgan fingerprint density at radius 3 is 1.86 bits per heavy atom. The number of benzene rings is 3. The van der Waals surface area contributed by atoms with E-state index in [-0.39, 0.29) is 28.4 Å². The lowest BCUT2D eigenvalue weighted by Gasteiger charge is -2.37. The number of sulfone groups is 1. The molecule has 2 saturated carbocycles. The van der Waals surface area contributed by atoms with Crippen LogP contribution in [0.3, 0.4) is 0 Å². The SMILES string of the molecule is O=C(OCC(F)(F)S(=O)(=O)C(c1ccccc1)(c1ccccc1)c1ccc(O)cc1)C1CC2CCC1C2. The van der Waals surface area contributed by atoms with E-state index < -0.39 is 38.3 Å². The third-order valence-corrected chi connectivity index (χ3v) is 10.3. The van der Waals surface area contributed by atoms with Gasteiger partial charge >= 0.3 is 11.2 Å². The molecule has 0 radical (unpaired) electrons. The largest absolute Gasteiger partial charge is 0.508 e. The summed E-state index contributed by atoms with van der Waals surface area (Å²) in [5.41, 5.74) is 0.235. The molecule has 3 aromatic rings. The Morgan fingerprint density at radius 2 is 1.38 bits per heavy atom. The second-order valence-corrected chi connectivity index (χ2v) is 12.2. The summed E-state index contributed by atoms with van der Waals surface area (Å²) in [4.78, 5) is 12.7. The number of phenols is 1. The van der Waals surface area contributed by atoms with Gasteiger partial charge in [-0.25, -0.2) is 8.42 Å². The predicted octanol–water partition coefficient (Wildman–Crippen LogP) is 5.67. The average Bonchev–Trinajstić information content (AvgIpc) is 3.54. The third kappa shape index (κ3) is 4.21. The number of esters is 1. The quantitative estimate of drug-likeness (QED) is 0.302. The zero-order valence-electron chi connectivity index (χ0n) is 20.1. The molecule has 3 unspecified atom stereocenters. The summed E-state index contributed by atoms with van der Waals surface area (Å²) >= 11 is 0. The number of halogens is 2. The van der Waals surface area contributed by atoms with Crippen LogP contribution < -0.4 is 0 Å². The van der Waals surface area contributed by atoms with Gasteiger partial charge in [-0.05, 0) is 59.9 Å². The van der Waals surface area contributed by atoms with Gasteiger partial charge in [-0.3, -0.25) is 4.79 Å². The van der Waals surface area contributed by atoms with E-state index in [0.29, 0.717) is 12.3 Å². The first-order valence-electron chi connectivity index (χ1n) is 12.4. The smallest absolute Gasteiger partial charge is 0.380 e. The molecule has 0 aromatic heterocycles. The van der Waals surface area contributed by atoms with Crippen LogP contribution in [-0.2, 0) is 24.1 Å². The van der Waals surface area contributed by atoms with Crippen molar-refractivity contribution in [2.24, 2.45) is 17.8 Å². The first-order chi connectivity index (χ1) is 17.7. The van der Waals surface area contributed by atoms with Gasteiger partial charge in [-0.1, -0.05) is 79.2 Å². The number of ether oxygens (including phenoxy) is 1. The number of rotatable bonds is 8. The molecule has 0 aliphatic heterocycles. The number of carbonyl (C=O) groups excluding carboxylic acids is 1. The van der Waals surface area contributed by atoms with Gasteiger partial charge in [0.15, 0.2) is 11.4 Å². The number of alkyl halides is 2. The van der Waals surface area contributed by atoms with Crippen LogP contribution in [0.5, 0.6) is 5.75 Å². The Kier molecular flexibility index (Phi) is 6.56. The molecule has 194 valence electrons. The molecule has 37 heavy (non-hydrogen) atoms. The summed E-state index contributed by atoms with van der Waals surface area (Å²) < 4.78 is 63.0. The van der Waals surface area contributed by atoms with E-state index in [1.807, 2.05) is 0 Å². The van der Waals surface area contributed by atoms with E-state index >= 15 is 8.78 Å². The maximum absolute atomic E-state index is 16.0.